The van der Waals surface area contributed by atoms with E-state index in [-0.39, 0.29) is 36.9 Å². The Hall–Kier alpha value is -2.17. The number of carbonyl (C=O) groups excluding carboxylic acids is 1. The molecule has 0 aliphatic carbocycles. The Morgan fingerprint density at radius 1 is 1.38 bits per heavy atom. The van der Waals surface area contributed by atoms with Gasteiger partial charge in [-0.3, -0.25) is 14.4 Å². The first kappa shape index (κ1) is 27.9. The minimum Gasteiger partial charge on any atom is -0.369 e. The van der Waals surface area contributed by atoms with Crippen LogP contribution in [-0.4, -0.2) is 72.1 Å². The number of hydrogen-bond acceptors (Lipinski definition) is 8. The van der Waals surface area contributed by atoms with Crippen molar-refractivity contribution in [1.82, 2.24) is 25.2 Å². The second-order valence-corrected chi connectivity index (χ2v) is 11.2. The van der Waals surface area contributed by atoms with Crippen LogP contribution in [0.2, 0.25) is 0 Å². The third kappa shape index (κ3) is 6.12. The molecule has 9 nitrogen and oxygen atoms in total. The molecule has 0 saturated carbocycles. The van der Waals surface area contributed by atoms with Gasteiger partial charge in [0, 0.05) is 30.2 Å². The van der Waals surface area contributed by atoms with E-state index in [0.29, 0.717) is 47.8 Å². The first-order valence-corrected chi connectivity index (χ1v) is 13.8. The van der Waals surface area contributed by atoms with Gasteiger partial charge in [0.05, 0.1) is 36.7 Å². The molecule has 0 aromatic carbocycles. The molecular weight excluding hydrogens is 545 g/mol. The molecule has 2 aliphatic heterocycles. The lowest BCUT2D eigenvalue weighted by molar-refractivity contribution is -0.134. The summed E-state index contributed by atoms with van der Waals surface area (Å²) in [4.78, 5) is 13.9. The quantitative estimate of drug-likeness (QED) is 0.370. The van der Waals surface area contributed by atoms with Gasteiger partial charge < -0.3 is 10.1 Å². The lowest BCUT2D eigenvalue weighted by Gasteiger charge is -2.47. The number of likely N-dealkylation sites (tertiary alicyclic amines) is 1. The predicted octanol–water partition coefficient (Wildman–Crippen LogP) is 2.42. The van der Waals surface area contributed by atoms with Gasteiger partial charge in [0.15, 0.2) is 0 Å². The molecule has 2 atom stereocenters. The highest BCUT2D eigenvalue weighted by Gasteiger charge is 2.49. The van der Waals surface area contributed by atoms with Crippen LogP contribution in [0, 0.1) is 0 Å². The number of amides is 1. The second-order valence-electron chi connectivity index (χ2n) is 9.11. The van der Waals surface area contributed by atoms with Crippen molar-refractivity contribution in [3.05, 3.63) is 32.8 Å². The summed E-state index contributed by atoms with van der Waals surface area (Å²) in [6.07, 6.45) is -5.24. The normalized spacial score (nSPS) is 22.6. The van der Waals surface area contributed by atoms with E-state index in [1.807, 2.05) is 12.2 Å². The number of carbonyl (C=O) groups is 1. The molecule has 1 saturated heterocycles. The van der Waals surface area contributed by atoms with Crippen LogP contribution in [0.4, 0.5) is 22.0 Å². The summed E-state index contributed by atoms with van der Waals surface area (Å²) >= 11 is 0.463. The standard InChI is InChI=1S/C21H26F5N5O4S2/c1-12-8-20(3-4-30(12)10-13-11-31(29-28-13)5-7-37(33)34)17-14(2-6-35-20)16(18(36-17)21(24,25)26)19(32)27-9-15(22)23/h11-12,15,37H,2-10H2,1H3,(H,27,32)/t12-,20+/m0/s1. The van der Waals surface area contributed by atoms with Gasteiger partial charge in [-0.15, -0.1) is 16.4 Å². The van der Waals surface area contributed by atoms with Crippen LogP contribution in [0.5, 0.6) is 0 Å². The van der Waals surface area contributed by atoms with E-state index < -0.39 is 51.8 Å². The summed E-state index contributed by atoms with van der Waals surface area (Å²) < 4.78 is 96.1. The maximum Gasteiger partial charge on any atom is 0.426 e. The van der Waals surface area contributed by atoms with E-state index in [9.17, 15) is 35.2 Å². The average molecular weight is 572 g/mol. The number of fused-ring (bicyclic) bond motifs is 2. The molecule has 1 amide bonds. The van der Waals surface area contributed by atoms with Crippen molar-refractivity contribution in [1.29, 1.82) is 0 Å². The number of ether oxygens (including phenoxy) is 1. The molecule has 4 rings (SSSR count). The Morgan fingerprint density at radius 3 is 2.78 bits per heavy atom. The molecule has 2 aromatic rings. The zero-order chi connectivity index (χ0) is 27.0. The average Bonchev–Trinajstić information content (AvgIpc) is 3.43. The van der Waals surface area contributed by atoms with Crippen LogP contribution in [0.1, 0.15) is 51.1 Å². The van der Waals surface area contributed by atoms with E-state index in [4.69, 9.17) is 4.74 Å². The lowest BCUT2D eigenvalue weighted by atomic mass is 9.81. The minimum atomic E-state index is -4.82. The zero-order valence-corrected chi connectivity index (χ0v) is 21.5. The largest absolute Gasteiger partial charge is 0.426 e. The van der Waals surface area contributed by atoms with Crippen LogP contribution in [0.25, 0.3) is 0 Å². The van der Waals surface area contributed by atoms with Gasteiger partial charge in [0.1, 0.15) is 21.2 Å². The van der Waals surface area contributed by atoms with Crippen LogP contribution in [0.15, 0.2) is 6.20 Å². The smallest absolute Gasteiger partial charge is 0.369 e. The van der Waals surface area contributed by atoms with Crippen molar-refractivity contribution in [2.75, 3.05) is 25.4 Å². The third-order valence-electron chi connectivity index (χ3n) is 6.57. The Labute approximate surface area is 214 Å². The van der Waals surface area contributed by atoms with Crippen LogP contribution >= 0.6 is 11.3 Å². The van der Waals surface area contributed by atoms with E-state index in [1.54, 1.807) is 6.20 Å². The molecule has 1 spiro atoms. The van der Waals surface area contributed by atoms with Crippen LogP contribution in [-0.2, 0) is 46.7 Å². The van der Waals surface area contributed by atoms with Crippen molar-refractivity contribution in [2.45, 2.75) is 63.5 Å². The Balaban J connectivity index is 1.55. The molecule has 2 aromatic heterocycles. The van der Waals surface area contributed by atoms with Crippen molar-refractivity contribution in [3.8, 4) is 0 Å². The highest BCUT2D eigenvalue weighted by molar-refractivity contribution is 7.72. The van der Waals surface area contributed by atoms with Gasteiger partial charge in [-0.05, 0) is 31.7 Å². The number of aromatic nitrogens is 3. The summed E-state index contributed by atoms with van der Waals surface area (Å²) in [5.41, 5.74) is -0.757. The summed E-state index contributed by atoms with van der Waals surface area (Å²) in [5.74, 6) is -1.21. The molecule has 37 heavy (non-hydrogen) atoms. The number of rotatable bonds is 8. The van der Waals surface area contributed by atoms with Crippen molar-refractivity contribution in [3.63, 3.8) is 0 Å². The number of thiophene rings is 1. The molecular formula is C21H26F5N5O4S2. The molecule has 0 radical (unpaired) electrons. The summed E-state index contributed by atoms with van der Waals surface area (Å²) in [6, 6.07) is -0.131. The number of thiol groups is 1. The molecule has 0 unspecified atom stereocenters. The predicted molar refractivity (Wildman–Crippen MR) is 123 cm³/mol. The van der Waals surface area contributed by atoms with E-state index in [0.717, 1.165) is 0 Å². The van der Waals surface area contributed by atoms with Gasteiger partial charge in [0.25, 0.3) is 12.3 Å². The maximum absolute atomic E-state index is 13.9. The van der Waals surface area contributed by atoms with Crippen molar-refractivity contribution in [2.24, 2.45) is 0 Å². The van der Waals surface area contributed by atoms with Gasteiger partial charge in [-0.2, -0.15) is 13.2 Å². The zero-order valence-electron chi connectivity index (χ0n) is 19.8. The molecule has 0 bridgehead atoms. The summed E-state index contributed by atoms with van der Waals surface area (Å²) in [5, 5.41) is 9.92. The van der Waals surface area contributed by atoms with Gasteiger partial charge in [-0.1, -0.05) is 5.21 Å². The molecule has 4 heterocycles. The van der Waals surface area contributed by atoms with Crippen molar-refractivity contribution >= 4 is 27.9 Å². The highest BCUT2D eigenvalue weighted by atomic mass is 32.2. The van der Waals surface area contributed by atoms with Gasteiger partial charge >= 0.3 is 6.18 Å². The SMILES string of the molecule is C[C@H]1C[C@@]2(CCN1Cc1cn(CC[SH](=O)=O)nn1)OCCc1c2sc(C(F)(F)F)c1C(=O)NCC(F)F. The molecule has 16 heteroatoms. The summed E-state index contributed by atoms with van der Waals surface area (Å²) in [7, 11) is -2.53. The number of aryl methyl sites for hydroxylation is 1. The Kier molecular flexibility index (Phi) is 8.21. The van der Waals surface area contributed by atoms with Crippen molar-refractivity contribution < 1.29 is 39.9 Å². The fourth-order valence-corrected chi connectivity index (χ4v) is 6.69. The first-order chi connectivity index (χ1) is 17.4. The fourth-order valence-electron chi connectivity index (χ4n) is 4.92. The molecule has 2 aliphatic rings. The van der Waals surface area contributed by atoms with E-state index >= 15 is 0 Å². The van der Waals surface area contributed by atoms with Crippen LogP contribution < -0.4 is 5.32 Å². The third-order valence-corrected chi connectivity index (χ3v) is 8.59. The van der Waals surface area contributed by atoms with E-state index in [2.05, 4.69) is 15.2 Å². The second kappa shape index (κ2) is 10.9. The lowest BCUT2D eigenvalue weighted by Crippen LogP contribution is -2.50. The van der Waals surface area contributed by atoms with Crippen LogP contribution in [0.3, 0.4) is 0 Å². The fraction of sp³-hybridized carbons (Fsp3) is 0.667. The molecule has 206 valence electrons. The number of halogens is 5. The summed E-state index contributed by atoms with van der Waals surface area (Å²) in [6.45, 7) is 2.06. The number of nitrogens with one attached hydrogen (secondary N) is 1. The first-order valence-electron chi connectivity index (χ1n) is 11.6. The molecule has 1 N–H and O–H groups in total. The number of piperidine rings is 1. The molecule has 1 fully saturated rings. The number of nitrogens with zero attached hydrogens (tertiary/aromatic N) is 4. The minimum absolute atomic E-state index is 0.0523. The maximum atomic E-state index is 13.9. The Morgan fingerprint density at radius 2 is 2.14 bits per heavy atom. The highest BCUT2D eigenvalue weighted by Crippen LogP contribution is 2.51. The van der Waals surface area contributed by atoms with E-state index in [1.165, 1.54) is 4.68 Å². The monoisotopic (exact) mass is 571 g/mol. The topological polar surface area (TPSA) is 106 Å². The number of hydrogen-bond donors (Lipinski definition) is 2. The van der Waals surface area contributed by atoms with Gasteiger partial charge in [-0.25, -0.2) is 17.2 Å². The number of alkyl halides is 5. The van der Waals surface area contributed by atoms with Gasteiger partial charge in [0.2, 0.25) is 0 Å². The Bertz CT molecular complexity index is 1210.